The number of nitriles is 1. The maximum atomic E-state index is 12.0. The fourth-order valence-corrected chi connectivity index (χ4v) is 1.81. The standard InChI is InChI=1S/C12H21N3O2/c1-12(2,3)17-11(16)15-8-7-14-9-10(15)5-4-6-13/h10,14H,4-5,7-9H2,1-3H3/t10-/m0/s1. The minimum absolute atomic E-state index is 0.0678. The lowest BCUT2D eigenvalue weighted by Crippen LogP contribution is -2.54. The molecular weight excluding hydrogens is 218 g/mol. The van der Waals surface area contributed by atoms with Crippen LogP contribution >= 0.6 is 0 Å². The second-order valence-electron chi connectivity index (χ2n) is 5.23. The van der Waals surface area contributed by atoms with Gasteiger partial charge in [-0.25, -0.2) is 4.79 Å². The van der Waals surface area contributed by atoms with E-state index in [4.69, 9.17) is 10.00 Å². The number of hydrogen-bond acceptors (Lipinski definition) is 4. The Bertz CT molecular complexity index is 304. The summed E-state index contributed by atoms with van der Waals surface area (Å²) in [5, 5.41) is 11.8. The smallest absolute Gasteiger partial charge is 0.410 e. The third kappa shape index (κ3) is 4.61. The molecule has 0 aliphatic carbocycles. The van der Waals surface area contributed by atoms with Crippen LogP contribution in [0.1, 0.15) is 33.6 Å². The van der Waals surface area contributed by atoms with Crippen molar-refractivity contribution in [2.24, 2.45) is 0 Å². The summed E-state index contributed by atoms with van der Waals surface area (Å²) in [4.78, 5) is 13.7. The van der Waals surface area contributed by atoms with Crippen molar-refractivity contribution in [1.29, 1.82) is 5.26 Å². The maximum Gasteiger partial charge on any atom is 0.410 e. The van der Waals surface area contributed by atoms with E-state index >= 15 is 0 Å². The third-order valence-electron chi connectivity index (χ3n) is 2.57. The first kappa shape index (κ1) is 13.8. The van der Waals surface area contributed by atoms with E-state index in [9.17, 15) is 4.79 Å². The quantitative estimate of drug-likeness (QED) is 0.793. The molecule has 0 spiro atoms. The molecule has 1 rings (SSSR count). The van der Waals surface area contributed by atoms with E-state index in [1.54, 1.807) is 4.90 Å². The van der Waals surface area contributed by atoms with Gasteiger partial charge in [-0.2, -0.15) is 5.26 Å². The summed E-state index contributed by atoms with van der Waals surface area (Å²) in [6.07, 6.45) is 0.885. The SMILES string of the molecule is CC(C)(C)OC(=O)N1CCNC[C@@H]1CCC#N. The van der Waals surface area contributed by atoms with Crippen molar-refractivity contribution < 1.29 is 9.53 Å². The van der Waals surface area contributed by atoms with Gasteiger partial charge in [-0.3, -0.25) is 0 Å². The van der Waals surface area contributed by atoms with Gasteiger partial charge in [-0.1, -0.05) is 0 Å². The van der Waals surface area contributed by atoms with E-state index in [1.807, 2.05) is 20.8 Å². The highest BCUT2D eigenvalue weighted by Gasteiger charge is 2.29. The lowest BCUT2D eigenvalue weighted by atomic mass is 10.1. The predicted molar refractivity (Wildman–Crippen MR) is 64.4 cm³/mol. The Kier molecular flexibility index (Phi) is 4.76. The van der Waals surface area contributed by atoms with Gasteiger partial charge >= 0.3 is 6.09 Å². The minimum Gasteiger partial charge on any atom is -0.444 e. The van der Waals surface area contributed by atoms with Gasteiger partial charge in [0.25, 0.3) is 0 Å². The van der Waals surface area contributed by atoms with Gasteiger partial charge in [0.05, 0.1) is 6.07 Å². The molecular formula is C12H21N3O2. The van der Waals surface area contributed by atoms with Crippen molar-refractivity contribution >= 4 is 6.09 Å². The third-order valence-corrected chi connectivity index (χ3v) is 2.57. The number of carbonyl (C=O) groups is 1. The average Bonchev–Trinajstić information content (AvgIpc) is 2.24. The van der Waals surface area contributed by atoms with E-state index in [0.717, 1.165) is 13.1 Å². The highest BCUT2D eigenvalue weighted by molar-refractivity contribution is 5.68. The van der Waals surface area contributed by atoms with Gasteiger partial charge in [0.2, 0.25) is 0 Å². The first-order valence-corrected chi connectivity index (χ1v) is 6.01. The minimum atomic E-state index is -0.470. The van der Waals surface area contributed by atoms with Crippen LogP contribution in [0.4, 0.5) is 4.79 Å². The van der Waals surface area contributed by atoms with Crippen LogP contribution in [0.25, 0.3) is 0 Å². The van der Waals surface area contributed by atoms with Crippen molar-refractivity contribution in [1.82, 2.24) is 10.2 Å². The number of rotatable bonds is 2. The number of amides is 1. The Morgan fingerprint density at radius 2 is 2.29 bits per heavy atom. The zero-order valence-electron chi connectivity index (χ0n) is 10.8. The number of piperazine rings is 1. The Labute approximate surface area is 103 Å². The van der Waals surface area contributed by atoms with Crippen LogP contribution in [0.5, 0.6) is 0 Å². The highest BCUT2D eigenvalue weighted by atomic mass is 16.6. The van der Waals surface area contributed by atoms with E-state index in [2.05, 4.69) is 11.4 Å². The molecule has 1 heterocycles. The molecule has 1 atom stereocenters. The summed E-state index contributed by atoms with van der Waals surface area (Å²) in [6, 6.07) is 2.18. The average molecular weight is 239 g/mol. The molecule has 1 fully saturated rings. The first-order valence-electron chi connectivity index (χ1n) is 6.01. The zero-order valence-corrected chi connectivity index (χ0v) is 10.8. The van der Waals surface area contributed by atoms with Gasteiger partial charge < -0.3 is 15.0 Å². The van der Waals surface area contributed by atoms with E-state index in [1.165, 1.54) is 0 Å². The molecule has 5 nitrogen and oxygen atoms in total. The topological polar surface area (TPSA) is 65.4 Å². The van der Waals surface area contributed by atoms with Crippen LogP contribution in [0.2, 0.25) is 0 Å². The lowest BCUT2D eigenvalue weighted by Gasteiger charge is -2.36. The summed E-state index contributed by atoms with van der Waals surface area (Å²) >= 11 is 0. The largest absolute Gasteiger partial charge is 0.444 e. The van der Waals surface area contributed by atoms with Crippen LogP contribution in [-0.4, -0.2) is 42.3 Å². The Morgan fingerprint density at radius 1 is 1.59 bits per heavy atom. The summed E-state index contributed by atoms with van der Waals surface area (Å²) in [7, 11) is 0. The van der Waals surface area contributed by atoms with Crippen LogP contribution < -0.4 is 5.32 Å². The Morgan fingerprint density at radius 3 is 2.88 bits per heavy atom. The molecule has 0 bridgehead atoms. The summed E-state index contributed by atoms with van der Waals surface area (Å²) in [6.45, 7) is 7.74. The van der Waals surface area contributed by atoms with Gasteiger partial charge in [0.1, 0.15) is 5.60 Å². The molecule has 17 heavy (non-hydrogen) atoms. The summed E-state index contributed by atoms with van der Waals surface area (Å²) in [5.41, 5.74) is -0.470. The number of ether oxygens (including phenoxy) is 1. The Balaban J connectivity index is 2.58. The van der Waals surface area contributed by atoms with E-state index in [0.29, 0.717) is 19.4 Å². The number of hydrogen-bond donors (Lipinski definition) is 1. The Hall–Kier alpha value is -1.28. The molecule has 1 N–H and O–H groups in total. The van der Waals surface area contributed by atoms with Crippen LogP contribution in [-0.2, 0) is 4.74 Å². The molecule has 0 aromatic carbocycles. The van der Waals surface area contributed by atoms with Crippen LogP contribution in [0.15, 0.2) is 0 Å². The maximum absolute atomic E-state index is 12.0. The molecule has 1 aliphatic rings. The molecule has 1 aliphatic heterocycles. The second-order valence-corrected chi connectivity index (χ2v) is 5.23. The van der Waals surface area contributed by atoms with Gasteiger partial charge in [0, 0.05) is 32.1 Å². The van der Waals surface area contributed by atoms with Crippen molar-refractivity contribution in [3.05, 3.63) is 0 Å². The molecule has 0 unspecified atom stereocenters. The van der Waals surface area contributed by atoms with Gasteiger partial charge in [-0.05, 0) is 27.2 Å². The highest BCUT2D eigenvalue weighted by Crippen LogP contribution is 2.15. The van der Waals surface area contributed by atoms with Crippen molar-refractivity contribution in [3.8, 4) is 6.07 Å². The molecule has 96 valence electrons. The second kappa shape index (κ2) is 5.87. The summed E-state index contributed by atoms with van der Waals surface area (Å²) < 4.78 is 5.36. The number of nitrogens with zero attached hydrogens (tertiary/aromatic N) is 2. The molecule has 0 radical (unpaired) electrons. The summed E-state index contributed by atoms with van der Waals surface area (Å²) in [5.74, 6) is 0. The van der Waals surface area contributed by atoms with Crippen molar-refractivity contribution in [3.63, 3.8) is 0 Å². The predicted octanol–water partition coefficient (Wildman–Crippen LogP) is 1.50. The fourth-order valence-electron chi connectivity index (χ4n) is 1.81. The fraction of sp³-hybridized carbons (Fsp3) is 0.833. The lowest BCUT2D eigenvalue weighted by molar-refractivity contribution is 0.0113. The molecule has 1 saturated heterocycles. The van der Waals surface area contributed by atoms with Gasteiger partial charge in [0.15, 0.2) is 0 Å². The van der Waals surface area contributed by atoms with Crippen LogP contribution in [0, 0.1) is 11.3 Å². The molecule has 1 amide bonds. The monoisotopic (exact) mass is 239 g/mol. The van der Waals surface area contributed by atoms with E-state index in [-0.39, 0.29) is 12.1 Å². The normalized spacial score (nSPS) is 20.8. The molecule has 0 aromatic heterocycles. The van der Waals surface area contributed by atoms with Gasteiger partial charge in [-0.15, -0.1) is 0 Å². The van der Waals surface area contributed by atoms with Crippen molar-refractivity contribution in [2.45, 2.75) is 45.3 Å². The molecule has 0 saturated carbocycles. The molecule has 5 heteroatoms. The first-order chi connectivity index (χ1) is 7.94. The van der Waals surface area contributed by atoms with Crippen molar-refractivity contribution in [2.75, 3.05) is 19.6 Å². The number of carbonyl (C=O) groups excluding carboxylic acids is 1. The van der Waals surface area contributed by atoms with Crippen LogP contribution in [0.3, 0.4) is 0 Å². The number of nitrogens with one attached hydrogen (secondary N) is 1. The molecule has 0 aromatic rings. The zero-order chi connectivity index (χ0) is 12.9. The van der Waals surface area contributed by atoms with E-state index < -0.39 is 5.60 Å².